The minimum Gasteiger partial charge on any atom is -0.481 e. The zero-order valence-corrected chi connectivity index (χ0v) is 10.2. The van der Waals surface area contributed by atoms with Crippen LogP contribution in [-0.4, -0.2) is 11.1 Å². The van der Waals surface area contributed by atoms with Crippen LogP contribution in [0.15, 0.2) is 35.4 Å². The zero-order valence-electron chi connectivity index (χ0n) is 9.40. The van der Waals surface area contributed by atoms with Crippen LogP contribution in [0, 0.1) is 6.92 Å². The number of carboxylic acids is 1. The molecule has 1 aromatic rings. The van der Waals surface area contributed by atoms with Crippen LogP contribution in [0.4, 0.5) is 0 Å². The number of carboxylic acid groups (broad SMARTS) is 1. The maximum absolute atomic E-state index is 11.2. The summed E-state index contributed by atoms with van der Waals surface area (Å²) >= 11 is 5.56. The highest BCUT2D eigenvalue weighted by atomic mass is 35.5. The number of halogens is 1. The van der Waals surface area contributed by atoms with Gasteiger partial charge in [0.2, 0.25) is 0 Å². The van der Waals surface area contributed by atoms with Gasteiger partial charge in [-0.2, -0.15) is 0 Å². The SMILES string of the molecule is C/C(=C/Cl)CC(C(=O)O)c1ccc(C)cc1. The second kappa shape index (κ2) is 5.71. The highest BCUT2D eigenvalue weighted by Gasteiger charge is 2.19. The first-order chi connectivity index (χ1) is 7.54. The van der Waals surface area contributed by atoms with E-state index in [0.717, 1.165) is 16.7 Å². The van der Waals surface area contributed by atoms with Gasteiger partial charge in [0.25, 0.3) is 0 Å². The van der Waals surface area contributed by atoms with Gasteiger partial charge in [-0.15, -0.1) is 0 Å². The molecule has 0 saturated heterocycles. The van der Waals surface area contributed by atoms with E-state index in [1.807, 2.05) is 38.1 Å². The Morgan fingerprint density at radius 3 is 2.44 bits per heavy atom. The van der Waals surface area contributed by atoms with E-state index in [-0.39, 0.29) is 0 Å². The first-order valence-corrected chi connectivity index (χ1v) is 5.53. The molecular formula is C13H15ClO2. The van der Waals surface area contributed by atoms with Crippen LogP contribution in [0.25, 0.3) is 0 Å². The van der Waals surface area contributed by atoms with Crippen LogP contribution in [0.1, 0.15) is 30.4 Å². The van der Waals surface area contributed by atoms with E-state index in [9.17, 15) is 9.90 Å². The third kappa shape index (κ3) is 3.38. The molecule has 0 aliphatic rings. The quantitative estimate of drug-likeness (QED) is 0.869. The lowest BCUT2D eigenvalue weighted by atomic mass is 9.92. The minimum absolute atomic E-state index is 0.446. The van der Waals surface area contributed by atoms with Crippen LogP contribution in [0.2, 0.25) is 0 Å². The number of aryl methyl sites for hydroxylation is 1. The lowest BCUT2D eigenvalue weighted by molar-refractivity contribution is -0.138. The van der Waals surface area contributed by atoms with Crippen molar-refractivity contribution in [1.29, 1.82) is 0 Å². The average molecular weight is 239 g/mol. The van der Waals surface area contributed by atoms with Crippen LogP contribution < -0.4 is 0 Å². The Kier molecular flexibility index (Phi) is 4.56. The van der Waals surface area contributed by atoms with Crippen LogP contribution in [-0.2, 0) is 4.79 Å². The highest BCUT2D eigenvalue weighted by molar-refractivity contribution is 6.25. The summed E-state index contributed by atoms with van der Waals surface area (Å²) in [6.07, 6.45) is 0.446. The van der Waals surface area contributed by atoms with Crippen molar-refractivity contribution in [3.63, 3.8) is 0 Å². The molecular weight excluding hydrogens is 224 g/mol. The summed E-state index contributed by atoms with van der Waals surface area (Å²) in [4.78, 5) is 11.2. The molecule has 0 aliphatic heterocycles. The maximum atomic E-state index is 11.2. The Hall–Kier alpha value is -1.28. The molecule has 2 nitrogen and oxygen atoms in total. The van der Waals surface area contributed by atoms with Gasteiger partial charge in [-0.1, -0.05) is 47.0 Å². The zero-order chi connectivity index (χ0) is 12.1. The van der Waals surface area contributed by atoms with E-state index < -0.39 is 11.9 Å². The van der Waals surface area contributed by atoms with Gasteiger partial charge in [-0.25, -0.2) is 0 Å². The van der Waals surface area contributed by atoms with Gasteiger partial charge < -0.3 is 5.11 Å². The number of benzene rings is 1. The number of allylic oxidation sites excluding steroid dienone is 1. The number of aliphatic carboxylic acids is 1. The van der Waals surface area contributed by atoms with Crippen molar-refractivity contribution >= 4 is 17.6 Å². The fourth-order valence-corrected chi connectivity index (χ4v) is 1.60. The first-order valence-electron chi connectivity index (χ1n) is 5.10. The lowest BCUT2D eigenvalue weighted by Crippen LogP contribution is -2.12. The summed E-state index contributed by atoms with van der Waals surface area (Å²) in [6, 6.07) is 7.56. The molecule has 0 radical (unpaired) electrons. The predicted molar refractivity (Wildman–Crippen MR) is 65.8 cm³/mol. The summed E-state index contributed by atoms with van der Waals surface area (Å²) in [5.41, 5.74) is 4.24. The highest BCUT2D eigenvalue weighted by Crippen LogP contribution is 2.24. The summed E-state index contributed by atoms with van der Waals surface area (Å²) < 4.78 is 0. The van der Waals surface area contributed by atoms with Gasteiger partial charge in [-0.05, 0) is 25.8 Å². The average Bonchev–Trinajstić information content (AvgIpc) is 2.26. The molecule has 86 valence electrons. The molecule has 16 heavy (non-hydrogen) atoms. The van der Waals surface area contributed by atoms with Gasteiger partial charge in [0.15, 0.2) is 0 Å². The Morgan fingerprint density at radius 1 is 1.44 bits per heavy atom. The topological polar surface area (TPSA) is 37.3 Å². The van der Waals surface area contributed by atoms with Crippen LogP contribution in [0.5, 0.6) is 0 Å². The van der Waals surface area contributed by atoms with E-state index in [2.05, 4.69) is 0 Å². The molecule has 3 heteroatoms. The fraction of sp³-hybridized carbons (Fsp3) is 0.308. The Morgan fingerprint density at radius 2 is 2.00 bits per heavy atom. The van der Waals surface area contributed by atoms with E-state index >= 15 is 0 Å². The van der Waals surface area contributed by atoms with Crippen molar-refractivity contribution in [2.24, 2.45) is 0 Å². The van der Waals surface area contributed by atoms with E-state index in [0.29, 0.717) is 6.42 Å². The third-order valence-electron chi connectivity index (χ3n) is 2.49. The smallest absolute Gasteiger partial charge is 0.311 e. The Balaban J connectivity index is 2.94. The second-order valence-electron chi connectivity index (χ2n) is 3.96. The number of hydrogen-bond donors (Lipinski definition) is 1. The van der Waals surface area contributed by atoms with Crippen molar-refractivity contribution in [2.75, 3.05) is 0 Å². The second-order valence-corrected chi connectivity index (χ2v) is 4.18. The van der Waals surface area contributed by atoms with E-state index in [1.165, 1.54) is 5.54 Å². The van der Waals surface area contributed by atoms with Crippen LogP contribution >= 0.6 is 11.6 Å². The summed E-state index contributed by atoms with van der Waals surface area (Å²) in [5.74, 6) is -1.34. The normalized spacial score (nSPS) is 13.6. The molecule has 0 bridgehead atoms. The molecule has 0 spiro atoms. The number of rotatable bonds is 4. The molecule has 0 aliphatic carbocycles. The van der Waals surface area contributed by atoms with Crippen molar-refractivity contribution in [3.05, 3.63) is 46.5 Å². The Bertz CT molecular complexity index is 393. The van der Waals surface area contributed by atoms with Gasteiger partial charge in [0, 0.05) is 5.54 Å². The molecule has 0 heterocycles. The maximum Gasteiger partial charge on any atom is 0.311 e. The lowest BCUT2D eigenvalue weighted by Gasteiger charge is -2.12. The molecule has 0 amide bonds. The van der Waals surface area contributed by atoms with Gasteiger partial charge >= 0.3 is 5.97 Å². The van der Waals surface area contributed by atoms with Gasteiger partial charge in [0.05, 0.1) is 5.92 Å². The Labute approximate surface area is 101 Å². The van der Waals surface area contributed by atoms with Gasteiger partial charge in [-0.3, -0.25) is 4.79 Å². The van der Waals surface area contributed by atoms with E-state index in [1.54, 1.807) is 0 Å². The van der Waals surface area contributed by atoms with Crippen molar-refractivity contribution in [3.8, 4) is 0 Å². The minimum atomic E-state index is -0.818. The molecule has 1 rings (SSSR count). The molecule has 1 N–H and O–H groups in total. The molecule has 0 saturated carbocycles. The molecule has 0 aromatic heterocycles. The van der Waals surface area contributed by atoms with Crippen molar-refractivity contribution < 1.29 is 9.90 Å². The van der Waals surface area contributed by atoms with Gasteiger partial charge in [0.1, 0.15) is 0 Å². The third-order valence-corrected chi connectivity index (χ3v) is 2.86. The first kappa shape index (κ1) is 12.8. The molecule has 0 fully saturated rings. The summed E-state index contributed by atoms with van der Waals surface area (Å²) in [5, 5.41) is 9.17. The largest absolute Gasteiger partial charge is 0.481 e. The van der Waals surface area contributed by atoms with E-state index in [4.69, 9.17) is 11.6 Å². The standard InChI is InChI=1S/C13H15ClO2/c1-9-3-5-11(6-4-9)12(13(15)16)7-10(2)8-14/h3-6,8,12H,7H2,1-2H3,(H,15,16)/b10-8-. The fourth-order valence-electron chi connectivity index (χ4n) is 1.51. The number of hydrogen-bond acceptors (Lipinski definition) is 1. The summed E-state index contributed by atoms with van der Waals surface area (Å²) in [7, 11) is 0. The number of carbonyl (C=O) groups is 1. The predicted octanol–water partition coefficient (Wildman–Crippen LogP) is 3.70. The van der Waals surface area contributed by atoms with Crippen LogP contribution in [0.3, 0.4) is 0 Å². The van der Waals surface area contributed by atoms with Crippen molar-refractivity contribution in [1.82, 2.24) is 0 Å². The molecule has 1 aromatic carbocycles. The van der Waals surface area contributed by atoms with Crippen molar-refractivity contribution in [2.45, 2.75) is 26.2 Å². The monoisotopic (exact) mass is 238 g/mol. The molecule has 1 atom stereocenters. The molecule has 1 unspecified atom stereocenters. The summed E-state index contributed by atoms with van der Waals surface area (Å²) in [6.45, 7) is 3.81.